The van der Waals surface area contributed by atoms with Gasteiger partial charge < -0.3 is 5.73 Å². The van der Waals surface area contributed by atoms with Crippen LogP contribution < -0.4 is 10.5 Å². The third-order valence-electron chi connectivity index (χ3n) is 3.21. The predicted octanol–water partition coefficient (Wildman–Crippen LogP) is 2.69. The highest BCUT2D eigenvalue weighted by molar-refractivity contribution is 9.10. The van der Waals surface area contributed by atoms with Gasteiger partial charge in [-0.05, 0) is 47.9 Å². The Balaban J connectivity index is 2.18. The van der Waals surface area contributed by atoms with Crippen LogP contribution in [0.5, 0.6) is 0 Å². The first-order valence-electron chi connectivity index (χ1n) is 6.46. The van der Waals surface area contributed by atoms with Gasteiger partial charge in [-0.2, -0.15) is 0 Å². The van der Waals surface area contributed by atoms with Gasteiger partial charge in [0.1, 0.15) is 0 Å². The summed E-state index contributed by atoms with van der Waals surface area (Å²) < 4.78 is 28.1. The number of halogens is 1. The quantitative estimate of drug-likeness (QED) is 0.851. The highest BCUT2D eigenvalue weighted by Crippen LogP contribution is 2.16. The smallest absolute Gasteiger partial charge is 0.240 e. The molecule has 6 heteroatoms. The summed E-state index contributed by atoms with van der Waals surface area (Å²) in [5, 5.41) is 0. The molecule has 0 aromatic heterocycles. The molecule has 0 saturated heterocycles. The van der Waals surface area contributed by atoms with E-state index in [-0.39, 0.29) is 11.4 Å². The second kappa shape index (κ2) is 6.70. The molecule has 0 aliphatic carbocycles. The van der Waals surface area contributed by atoms with Crippen LogP contribution in [-0.4, -0.2) is 8.42 Å². The zero-order valence-electron chi connectivity index (χ0n) is 11.6. The Labute approximate surface area is 133 Å². The summed E-state index contributed by atoms with van der Waals surface area (Å²) in [5.41, 5.74) is 8.34. The van der Waals surface area contributed by atoms with Crippen molar-refractivity contribution in [3.05, 3.63) is 63.6 Å². The first-order chi connectivity index (χ1) is 9.92. The van der Waals surface area contributed by atoms with Crippen molar-refractivity contribution in [3.63, 3.8) is 0 Å². The molecule has 0 saturated carbocycles. The van der Waals surface area contributed by atoms with E-state index in [0.717, 1.165) is 21.2 Å². The maximum absolute atomic E-state index is 12.3. The van der Waals surface area contributed by atoms with E-state index in [1.165, 1.54) is 0 Å². The van der Waals surface area contributed by atoms with Gasteiger partial charge in [-0.1, -0.05) is 34.1 Å². The van der Waals surface area contributed by atoms with Gasteiger partial charge in [-0.25, -0.2) is 13.1 Å². The van der Waals surface area contributed by atoms with Gasteiger partial charge in [0.05, 0.1) is 4.90 Å². The van der Waals surface area contributed by atoms with Crippen LogP contribution in [0.1, 0.15) is 16.7 Å². The summed E-state index contributed by atoms with van der Waals surface area (Å²) in [5.74, 6) is 0. The lowest BCUT2D eigenvalue weighted by Gasteiger charge is -2.10. The van der Waals surface area contributed by atoms with Gasteiger partial charge in [-0.3, -0.25) is 0 Å². The molecular weight excluding hydrogens is 352 g/mol. The van der Waals surface area contributed by atoms with Crippen LogP contribution in [-0.2, 0) is 23.1 Å². The molecule has 2 rings (SSSR count). The third kappa shape index (κ3) is 4.14. The van der Waals surface area contributed by atoms with E-state index in [1.54, 1.807) is 18.2 Å². The summed E-state index contributed by atoms with van der Waals surface area (Å²) in [7, 11) is -3.54. The van der Waals surface area contributed by atoms with Crippen LogP contribution in [0.15, 0.2) is 51.8 Å². The minimum absolute atomic E-state index is 0.239. The molecule has 0 fully saturated rings. The molecule has 0 aliphatic heterocycles. The largest absolute Gasteiger partial charge is 0.326 e. The van der Waals surface area contributed by atoms with Gasteiger partial charge >= 0.3 is 0 Å². The van der Waals surface area contributed by atoms with Crippen LogP contribution in [0, 0.1) is 6.92 Å². The fourth-order valence-corrected chi connectivity index (χ4v) is 3.46. The van der Waals surface area contributed by atoms with Crippen molar-refractivity contribution in [1.82, 2.24) is 4.72 Å². The van der Waals surface area contributed by atoms with Gasteiger partial charge in [0, 0.05) is 17.6 Å². The van der Waals surface area contributed by atoms with Crippen molar-refractivity contribution < 1.29 is 8.42 Å². The maximum Gasteiger partial charge on any atom is 0.240 e. The van der Waals surface area contributed by atoms with Crippen molar-refractivity contribution in [2.75, 3.05) is 0 Å². The third-order valence-corrected chi connectivity index (χ3v) is 5.10. The molecular formula is C15H17BrN2O2S. The SMILES string of the molecule is Cc1ccc(S(=O)(=O)NCc2cccc(Br)c2)cc1CN. The maximum atomic E-state index is 12.3. The van der Waals surface area contributed by atoms with Gasteiger partial charge in [0.15, 0.2) is 0 Å². The second-order valence-corrected chi connectivity index (χ2v) is 7.43. The highest BCUT2D eigenvalue weighted by Gasteiger charge is 2.14. The molecule has 21 heavy (non-hydrogen) atoms. The van der Waals surface area contributed by atoms with Crippen LogP contribution in [0.2, 0.25) is 0 Å². The molecule has 0 atom stereocenters. The molecule has 112 valence electrons. The lowest BCUT2D eigenvalue weighted by atomic mass is 10.1. The summed E-state index contributed by atoms with van der Waals surface area (Å²) in [6, 6.07) is 12.5. The monoisotopic (exact) mass is 368 g/mol. The average molecular weight is 369 g/mol. The molecule has 0 spiro atoms. The average Bonchev–Trinajstić information content (AvgIpc) is 2.46. The number of nitrogens with two attached hydrogens (primary N) is 1. The molecule has 0 amide bonds. The van der Waals surface area contributed by atoms with E-state index in [9.17, 15) is 8.42 Å². The minimum Gasteiger partial charge on any atom is -0.326 e. The lowest BCUT2D eigenvalue weighted by Crippen LogP contribution is -2.23. The number of sulfonamides is 1. The molecule has 0 bridgehead atoms. The number of hydrogen-bond donors (Lipinski definition) is 2. The zero-order chi connectivity index (χ0) is 15.5. The van der Waals surface area contributed by atoms with Crippen LogP contribution in [0.4, 0.5) is 0 Å². The van der Waals surface area contributed by atoms with Crippen LogP contribution in [0.25, 0.3) is 0 Å². The lowest BCUT2D eigenvalue weighted by molar-refractivity contribution is 0.581. The van der Waals surface area contributed by atoms with Crippen LogP contribution in [0.3, 0.4) is 0 Å². The van der Waals surface area contributed by atoms with Gasteiger partial charge in [0.25, 0.3) is 0 Å². The molecule has 2 aromatic carbocycles. The Morgan fingerprint density at radius 1 is 1.19 bits per heavy atom. The summed E-state index contributed by atoms with van der Waals surface area (Å²) in [6.45, 7) is 2.47. The van der Waals surface area contributed by atoms with Crippen molar-refractivity contribution in [1.29, 1.82) is 0 Å². The van der Waals surface area contributed by atoms with E-state index in [4.69, 9.17) is 5.73 Å². The zero-order valence-corrected chi connectivity index (χ0v) is 14.0. The Morgan fingerprint density at radius 3 is 2.62 bits per heavy atom. The van der Waals surface area contributed by atoms with Crippen LogP contribution >= 0.6 is 15.9 Å². The molecule has 0 unspecified atom stereocenters. The second-order valence-electron chi connectivity index (χ2n) is 4.75. The minimum atomic E-state index is -3.54. The first kappa shape index (κ1) is 16.2. The van der Waals surface area contributed by atoms with Crippen molar-refractivity contribution in [3.8, 4) is 0 Å². The number of hydrogen-bond acceptors (Lipinski definition) is 3. The summed E-state index contributed by atoms with van der Waals surface area (Å²) >= 11 is 3.36. The normalized spacial score (nSPS) is 11.6. The summed E-state index contributed by atoms with van der Waals surface area (Å²) in [4.78, 5) is 0.239. The molecule has 0 heterocycles. The number of nitrogens with one attached hydrogen (secondary N) is 1. The molecule has 0 radical (unpaired) electrons. The highest BCUT2D eigenvalue weighted by atomic mass is 79.9. The standard InChI is InChI=1S/C15H17BrN2O2S/c1-11-5-6-15(8-13(11)9-17)21(19,20)18-10-12-3-2-4-14(16)7-12/h2-8,18H,9-10,17H2,1H3. The van der Waals surface area contributed by atoms with Crippen molar-refractivity contribution >= 4 is 26.0 Å². The Kier molecular flexibility index (Phi) is 5.16. The van der Waals surface area contributed by atoms with Crippen molar-refractivity contribution in [2.45, 2.75) is 24.9 Å². The number of benzene rings is 2. The predicted molar refractivity (Wildman–Crippen MR) is 87.2 cm³/mol. The Hall–Kier alpha value is -1.21. The topological polar surface area (TPSA) is 72.2 Å². The number of rotatable bonds is 5. The molecule has 0 aliphatic rings. The van der Waals surface area contributed by atoms with E-state index in [1.807, 2.05) is 31.2 Å². The van der Waals surface area contributed by atoms with E-state index >= 15 is 0 Å². The fourth-order valence-electron chi connectivity index (χ4n) is 1.94. The Morgan fingerprint density at radius 2 is 1.95 bits per heavy atom. The molecule has 3 N–H and O–H groups in total. The number of aryl methyl sites for hydroxylation is 1. The summed E-state index contributed by atoms with van der Waals surface area (Å²) in [6.07, 6.45) is 0. The van der Waals surface area contributed by atoms with E-state index in [0.29, 0.717) is 6.54 Å². The molecule has 4 nitrogen and oxygen atoms in total. The van der Waals surface area contributed by atoms with Crippen molar-refractivity contribution in [2.24, 2.45) is 5.73 Å². The van der Waals surface area contributed by atoms with Gasteiger partial charge in [0.2, 0.25) is 10.0 Å². The van der Waals surface area contributed by atoms with Gasteiger partial charge in [-0.15, -0.1) is 0 Å². The fraction of sp³-hybridized carbons (Fsp3) is 0.200. The molecule has 2 aromatic rings. The Bertz CT molecular complexity index is 745. The first-order valence-corrected chi connectivity index (χ1v) is 8.74. The van der Waals surface area contributed by atoms with E-state index < -0.39 is 10.0 Å². The van der Waals surface area contributed by atoms with E-state index in [2.05, 4.69) is 20.7 Å².